The van der Waals surface area contributed by atoms with Gasteiger partial charge in [0.05, 0.1) is 32.9 Å². The van der Waals surface area contributed by atoms with Crippen molar-refractivity contribution in [2.75, 3.05) is 11.8 Å². The lowest BCUT2D eigenvalue weighted by Crippen LogP contribution is -2.41. The van der Waals surface area contributed by atoms with Gasteiger partial charge in [0.25, 0.3) is 0 Å². The highest BCUT2D eigenvalue weighted by molar-refractivity contribution is 8.01. The normalized spacial score (nSPS) is 19.6. The molecule has 156 valence electrons. The molecule has 0 amide bonds. The maximum atomic E-state index is 14.1. The van der Waals surface area contributed by atoms with Gasteiger partial charge >= 0.3 is 7.12 Å². The molecule has 0 bridgehead atoms. The molecule has 29 heavy (non-hydrogen) atoms. The molecule has 0 aliphatic carbocycles. The number of methoxy groups -OCH3 is 1. The van der Waals surface area contributed by atoms with Crippen molar-refractivity contribution in [2.24, 2.45) is 0 Å². The van der Waals surface area contributed by atoms with Crippen molar-refractivity contribution in [3.63, 3.8) is 0 Å². The molecular weight excluding hydrogens is 401 g/mol. The monoisotopic (exact) mass is 424 g/mol. The van der Waals surface area contributed by atoms with E-state index in [-0.39, 0.29) is 16.5 Å². The second-order valence-corrected chi connectivity index (χ2v) is 9.76. The van der Waals surface area contributed by atoms with Gasteiger partial charge in [0, 0.05) is 17.7 Å². The Morgan fingerprint density at radius 3 is 2.34 bits per heavy atom. The highest BCUT2D eigenvalue weighted by Gasteiger charge is 2.52. The summed E-state index contributed by atoms with van der Waals surface area (Å²) in [6.07, 6.45) is 1.52. The van der Waals surface area contributed by atoms with Crippen LogP contribution in [0, 0.1) is 11.6 Å². The summed E-state index contributed by atoms with van der Waals surface area (Å²) in [5.41, 5.74) is -0.338. The zero-order chi connectivity index (χ0) is 21.6. The van der Waals surface area contributed by atoms with E-state index in [2.05, 4.69) is 15.6 Å². The maximum absolute atomic E-state index is 14.1. The zero-order valence-electron chi connectivity index (χ0n) is 16.9. The van der Waals surface area contributed by atoms with E-state index in [4.69, 9.17) is 14.0 Å². The summed E-state index contributed by atoms with van der Waals surface area (Å²) in [7, 11) is -2.68. The predicted molar refractivity (Wildman–Crippen MR) is 110 cm³/mol. The number of hydrogen-bond donors (Lipinski definition) is 1. The lowest BCUT2D eigenvalue weighted by Gasteiger charge is -2.32. The van der Waals surface area contributed by atoms with Crippen LogP contribution in [0.1, 0.15) is 27.7 Å². The van der Waals surface area contributed by atoms with Crippen molar-refractivity contribution in [3.05, 3.63) is 42.1 Å². The Morgan fingerprint density at radius 2 is 1.79 bits per heavy atom. The number of hydrogen-bond acceptors (Lipinski definition) is 5. The summed E-state index contributed by atoms with van der Waals surface area (Å²) in [4.78, 5) is 3.94. The van der Waals surface area contributed by atoms with Gasteiger partial charge in [-0.15, -0.1) is 0 Å². The van der Waals surface area contributed by atoms with Gasteiger partial charge in [-0.25, -0.2) is 18.0 Å². The van der Waals surface area contributed by atoms with Crippen molar-refractivity contribution in [2.45, 2.75) is 43.8 Å². The van der Waals surface area contributed by atoms with E-state index in [0.717, 1.165) is 12.1 Å². The standard InChI is InChI=1S/C19H23BF2N2O4S/c1-18(2)19(3,4)28-20(27-18)12-9-15(17(26-5)23-11-12)24-29(6,25)16-8-7-13(21)10-14(16)22/h7-11H,6H2,1-5H3,(H,24,25). The van der Waals surface area contributed by atoms with Crippen LogP contribution in [0.5, 0.6) is 5.88 Å². The number of anilines is 1. The lowest BCUT2D eigenvalue weighted by molar-refractivity contribution is 0.00578. The minimum Gasteiger partial charge on any atom is -0.480 e. The second kappa shape index (κ2) is 7.26. The van der Waals surface area contributed by atoms with Gasteiger partial charge in [-0.3, -0.25) is 0 Å². The molecular formula is C19H23BF2N2O4S. The first-order chi connectivity index (χ1) is 13.4. The molecule has 1 aromatic heterocycles. The first-order valence-corrected chi connectivity index (χ1v) is 10.6. The summed E-state index contributed by atoms with van der Waals surface area (Å²) in [5.74, 6) is 1.97. The molecule has 0 radical (unpaired) electrons. The van der Waals surface area contributed by atoms with Crippen LogP contribution in [0.4, 0.5) is 14.5 Å². The van der Waals surface area contributed by atoms with Gasteiger partial charge in [0.1, 0.15) is 17.3 Å². The molecule has 1 fully saturated rings. The molecule has 1 aromatic carbocycles. The summed E-state index contributed by atoms with van der Waals surface area (Å²) >= 11 is 0. The van der Waals surface area contributed by atoms with Gasteiger partial charge in [0.15, 0.2) is 0 Å². The van der Waals surface area contributed by atoms with Crippen LogP contribution in [-0.2, 0) is 19.0 Å². The van der Waals surface area contributed by atoms with Gasteiger partial charge in [-0.1, -0.05) is 0 Å². The van der Waals surface area contributed by atoms with Crippen molar-refractivity contribution in [1.82, 2.24) is 4.98 Å². The third kappa shape index (κ3) is 4.10. The van der Waals surface area contributed by atoms with E-state index in [0.29, 0.717) is 11.5 Å². The van der Waals surface area contributed by atoms with E-state index < -0.39 is 39.7 Å². The molecule has 1 aliphatic heterocycles. The number of pyridine rings is 1. The second-order valence-electron chi connectivity index (χ2n) is 7.77. The highest BCUT2D eigenvalue weighted by Crippen LogP contribution is 2.37. The fourth-order valence-corrected chi connectivity index (χ4v) is 4.06. The predicted octanol–water partition coefficient (Wildman–Crippen LogP) is 2.77. The Morgan fingerprint density at radius 1 is 1.17 bits per heavy atom. The van der Waals surface area contributed by atoms with Gasteiger partial charge < -0.3 is 18.8 Å². The molecule has 1 atom stereocenters. The molecule has 2 heterocycles. The summed E-state index contributed by atoms with van der Waals surface area (Å²) in [6, 6.07) is 4.35. The van der Waals surface area contributed by atoms with Crippen LogP contribution in [0.2, 0.25) is 0 Å². The SMILES string of the molecule is C=S(=O)(Nc1cc(B2OC(C)(C)C(C)(C)O2)cnc1OC)c1ccc(F)cc1F. The summed E-state index contributed by atoms with van der Waals surface area (Å²) in [6.45, 7) is 7.68. The molecule has 1 N–H and O–H groups in total. The van der Waals surface area contributed by atoms with E-state index in [1.165, 1.54) is 13.3 Å². The lowest BCUT2D eigenvalue weighted by atomic mass is 9.80. The Bertz CT molecular complexity index is 1030. The fraction of sp³-hybridized carbons (Fsp3) is 0.368. The quantitative estimate of drug-likeness (QED) is 0.591. The molecule has 1 unspecified atom stereocenters. The number of nitrogens with one attached hydrogen (secondary N) is 1. The summed E-state index contributed by atoms with van der Waals surface area (Å²) < 4.78 is 60.3. The topological polar surface area (TPSA) is 69.7 Å². The average Bonchev–Trinajstić information content (AvgIpc) is 2.81. The molecule has 3 rings (SSSR count). The molecule has 1 saturated heterocycles. The Kier molecular flexibility index (Phi) is 5.40. The van der Waals surface area contributed by atoms with E-state index >= 15 is 0 Å². The van der Waals surface area contributed by atoms with Crippen LogP contribution < -0.4 is 14.9 Å². The van der Waals surface area contributed by atoms with Gasteiger partial charge in [-0.05, 0) is 51.8 Å². The zero-order valence-corrected chi connectivity index (χ0v) is 17.7. The number of aromatic nitrogens is 1. The number of nitrogens with zero attached hydrogens (tertiary/aromatic N) is 1. The van der Waals surface area contributed by atoms with E-state index in [1.54, 1.807) is 6.07 Å². The molecule has 6 nitrogen and oxygen atoms in total. The number of ether oxygens (including phenoxy) is 1. The molecule has 1 aliphatic rings. The third-order valence-corrected chi connectivity index (χ3v) is 6.71. The van der Waals surface area contributed by atoms with Gasteiger partial charge in [0.2, 0.25) is 5.88 Å². The van der Waals surface area contributed by atoms with E-state index in [9.17, 15) is 13.0 Å². The van der Waals surface area contributed by atoms with Crippen LogP contribution in [-0.4, -0.2) is 40.5 Å². The first kappa shape index (κ1) is 21.5. The highest BCUT2D eigenvalue weighted by atomic mass is 32.2. The molecule has 10 heteroatoms. The van der Waals surface area contributed by atoms with E-state index in [1.807, 2.05) is 27.7 Å². The number of halogens is 2. The fourth-order valence-electron chi connectivity index (χ4n) is 2.79. The van der Waals surface area contributed by atoms with Gasteiger partial charge in [-0.2, -0.15) is 0 Å². The minimum absolute atomic E-state index is 0.129. The molecule has 2 aromatic rings. The Labute approximate surface area is 169 Å². The summed E-state index contributed by atoms with van der Waals surface area (Å²) in [5, 5.41) is 0. The minimum atomic E-state index is -3.37. The molecule has 0 saturated carbocycles. The molecule has 0 spiro atoms. The van der Waals surface area contributed by atoms with Crippen LogP contribution >= 0.6 is 0 Å². The Hall–Kier alpha value is -2.17. The maximum Gasteiger partial charge on any atom is 0.496 e. The van der Waals surface area contributed by atoms with Crippen molar-refractivity contribution in [3.8, 4) is 5.88 Å². The van der Waals surface area contributed by atoms with Crippen LogP contribution in [0.15, 0.2) is 35.4 Å². The number of rotatable bonds is 5. The first-order valence-electron chi connectivity index (χ1n) is 8.86. The van der Waals surface area contributed by atoms with Crippen LogP contribution in [0.3, 0.4) is 0 Å². The average molecular weight is 424 g/mol. The third-order valence-electron chi connectivity index (χ3n) is 5.12. The van der Waals surface area contributed by atoms with Crippen molar-refractivity contribution >= 4 is 33.8 Å². The smallest absolute Gasteiger partial charge is 0.480 e. The van der Waals surface area contributed by atoms with Crippen molar-refractivity contribution in [1.29, 1.82) is 0 Å². The Balaban J connectivity index is 1.96. The largest absolute Gasteiger partial charge is 0.496 e. The number of benzene rings is 1. The van der Waals surface area contributed by atoms with Crippen LogP contribution in [0.25, 0.3) is 0 Å². The van der Waals surface area contributed by atoms with Crippen molar-refractivity contribution < 1.29 is 27.0 Å².